The molecule has 2 rings (SSSR count). The van der Waals surface area contributed by atoms with Crippen LogP contribution < -0.4 is 5.32 Å². The van der Waals surface area contributed by atoms with Crippen LogP contribution in [-0.2, 0) is 6.42 Å². The summed E-state index contributed by atoms with van der Waals surface area (Å²) in [4.78, 5) is 5.41. The minimum Gasteiger partial charge on any atom is -0.339 e. The lowest BCUT2D eigenvalue weighted by Crippen LogP contribution is -2.37. The molecule has 0 amide bonds. The number of aromatic nitrogens is 2. The van der Waals surface area contributed by atoms with E-state index in [9.17, 15) is 0 Å². The van der Waals surface area contributed by atoms with E-state index in [0.717, 1.165) is 17.8 Å². The molecule has 4 nitrogen and oxygen atoms in total. The molecule has 0 unspecified atom stereocenters. The van der Waals surface area contributed by atoms with Gasteiger partial charge in [0.2, 0.25) is 11.7 Å². The first-order valence-electron chi connectivity index (χ1n) is 5.66. The second kappa shape index (κ2) is 4.98. The summed E-state index contributed by atoms with van der Waals surface area (Å²) in [6, 6.07) is 3.98. The van der Waals surface area contributed by atoms with Crippen molar-refractivity contribution in [1.82, 2.24) is 15.5 Å². The molecular weight excluding hydrogens is 234 g/mol. The molecule has 0 bridgehead atoms. The summed E-state index contributed by atoms with van der Waals surface area (Å²) in [7, 11) is 0. The highest BCUT2D eigenvalue weighted by Crippen LogP contribution is 2.21. The van der Waals surface area contributed by atoms with Crippen LogP contribution in [0.15, 0.2) is 22.0 Å². The van der Waals surface area contributed by atoms with Gasteiger partial charge in [0.05, 0.1) is 4.88 Å². The van der Waals surface area contributed by atoms with E-state index in [-0.39, 0.29) is 5.54 Å². The smallest absolute Gasteiger partial charge is 0.228 e. The molecule has 0 saturated heterocycles. The average Bonchev–Trinajstić information content (AvgIpc) is 2.83. The third kappa shape index (κ3) is 3.64. The molecule has 2 heterocycles. The second-order valence-electron chi connectivity index (χ2n) is 4.92. The summed E-state index contributed by atoms with van der Waals surface area (Å²) in [5.74, 6) is 1.37. The summed E-state index contributed by atoms with van der Waals surface area (Å²) in [5.41, 5.74) is 0.122. The van der Waals surface area contributed by atoms with Gasteiger partial charge in [-0.1, -0.05) is 11.2 Å². The fraction of sp³-hybridized carbons (Fsp3) is 0.500. The molecule has 0 saturated carbocycles. The monoisotopic (exact) mass is 251 g/mol. The van der Waals surface area contributed by atoms with E-state index in [0.29, 0.717) is 11.7 Å². The Balaban J connectivity index is 1.91. The third-order valence-corrected chi connectivity index (χ3v) is 3.07. The van der Waals surface area contributed by atoms with Crippen LogP contribution in [0.4, 0.5) is 0 Å². The first kappa shape index (κ1) is 12.3. The van der Waals surface area contributed by atoms with Gasteiger partial charge < -0.3 is 9.84 Å². The van der Waals surface area contributed by atoms with E-state index in [1.807, 2.05) is 17.5 Å². The van der Waals surface area contributed by atoms with Crippen molar-refractivity contribution in [2.45, 2.75) is 32.7 Å². The zero-order valence-electron chi connectivity index (χ0n) is 10.4. The van der Waals surface area contributed by atoms with Crippen LogP contribution in [0.2, 0.25) is 0 Å². The molecule has 0 aliphatic rings. The molecule has 0 radical (unpaired) electrons. The van der Waals surface area contributed by atoms with Crippen molar-refractivity contribution in [3.63, 3.8) is 0 Å². The van der Waals surface area contributed by atoms with Crippen LogP contribution in [0.5, 0.6) is 0 Å². The quantitative estimate of drug-likeness (QED) is 0.907. The molecule has 2 aromatic heterocycles. The van der Waals surface area contributed by atoms with Gasteiger partial charge in [-0.3, -0.25) is 0 Å². The maximum Gasteiger partial charge on any atom is 0.228 e. The van der Waals surface area contributed by atoms with Crippen molar-refractivity contribution in [3.05, 3.63) is 23.4 Å². The van der Waals surface area contributed by atoms with Gasteiger partial charge in [-0.25, -0.2) is 0 Å². The predicted molar refractivity (Wildman–Crippen MR) is 69.1 cm³/mol. The van der Waals surface area contributed by atoms with Crippen molar-refractivity contribution in [2.24, 2.45) is 0 Å². The minimum atomic E-state index is 0.122. The van der Waals surface area contributed by atoms with Gasteiger partial charge in [-0.2, -0.15) is 4.98 Å². The molecule has 2 aromatic rings. The van der Waals surface area contributed by atoms with E-state index in [2.05, 4.69) is 36.2 Å². The zero-order chi connectivity index (χ0) is 12.3. The van der Waals surface area contributed by atoms with Gasteiger partial charge in [0.15, 0.2) is 0 Å². The Bertz CT molecular complexity index is 456. The lowest BCUT2D eigenvalue weighted by molar-refractivity contribution is 0.362. The molecule has 0 aliphatic heterocycles. The summed E-state index contributed by atoms with van der Waals surface area (Å²) >= 11 is 1.62. The van der Waals surface area contributed by atoms with E-state index in [4.69, 9.17) is 4.52 Å². The Morgan fingerprint density at radius 3 is 2.88 bits per heavy atom. The highest BCUT2D eigenvalue weighted by atomic mass is 32.1. The van der Waals surface area contributed by atoms with Gasteiger partial charge >= 0.3 is 0 Å². The fourth-order valence-electron chi connectivity index (χ4n) is 1.41. The second-order valence-corrected chi connectivity index (χ2v) is 5.86. The summed E-state index contributed by atoms with van der Waals surface area (Å²) in [6.45, 7) is 7.25. The summed E-state index contributed by atoms with van der Waals surface area (Å²) in [6.07, 6.45) is 0.760. The largest absolute Gasteiger partial charge is 0.339 e. The highest BCUT2D eigenvalue weighted by molar-refractivity contribution is 7.13. The molecule has 5 heteroatoms. The maximum absolute atomic E-state index is 5.21. The fourth-order valence-corrected chi connectivity index (χ4v) is 2.06. The topological polar surface area (TPSA) is 51.0 Å². The van der Waals surface area contributed by atoms with E-state index in [1.54, 1.807) is 11.3 Å². The summed E-state index contributed by atoms with van der Waals surface area (Å²) in [5, 5.41) is 9.37. The van der Waals surface area contributed by atoms with Crippen LogP contribution in [0, 0.1) is 0 Å². The zero-order valence-corrected chi connectivity index (χ0v) is 11.2. The Labute approximate surface area is 105 Å². The molecule has 0 fully saturated rings. The lowest BCUT2D eigenvalue weighted by Gasteiger charge is -2.19. The Morgan fingerprint density at radius 2 is 2.24 bits per heavy atom. The molecular formula is C12H17N3OS. The number of thiophene rings is 1. The summed E-state index contributed by atoms with van der Waals surface area (Å²) < 4.78 is 5.21. The van der Waals surface area contributed by atoms with Crippen molar-refractivity contribution in [1.29, 1.82) is 0 Å². The Morgan fingerprint density at radius 1 is 1.41 bits per heavy atom. The molecule has 0 aromatic carbocycles. The van der Waals surface area contributed by atoms with Crippen LogP contribution >= 0.6 is 11.3 Å². The minimum absolute atomic E-state index is 0.122. The molecule has 92 valence electrons. The number of hydrogen-bond acceptors (Lipinski definition) is 5. The number of nitrogens with zero attached hydrogens (tertiary/aromatic N) is 2. The van der Waals surface area contributed by atoms with Crippen molar-refractivity contribution >= 4 is 11.3 Å². The van der Waals surface area contributed by atoms with Crippen LogP contribution in [-0.4, -0.2) is 22.2 Å². The first-order chi connectivity index (χ1) is 8.04. The van der Waals surface area contributed by atoms with Gasteiger partial charge in [-0.05, 0) is 32.2 Å². The molecule has 0 atom stereocenters. The highest BCUT2D eigenvalue weighted by Gasteiger charge is 2.11. The molecule has 1 N–H and O–H groups in total. The van der Waals surface area contributed by atoms with E-state index >= 15 is 0 Å². The van der Waals surface area contributed by atoms with Crippen LogP contribution in [0.25, 0.3) is 10.7 Å². The normalized spacial score (nSPS) is 11.9. The number of rotatable bonds is 4. The standard InChI is InChI=1S/C12H17N3OS/c1-12(2,3)13-7-6-10-14-11(15-16-10)9-5-4-8-17-9/h4-5,8,13H,6-7H2,1-3H3. The number of hydrogen-bond donors (Lipinski definition) is 1. The molecule has 17 heavy (non-hydrogen) atoms. The molecule has 0 aliphatic carbocycles. The molecule has 0 spiro atoms. The predicted octanol–water partition coefficient (Wildman–Crippen LogP) is 2.73. The van der Waals surface area contributed by atoms with Gasteiger partial charge in [0.1, 0.15) is 0 Å². The van der Waals surface area contributed by atoms with Crippen LogP contribution in [0.1, 0.15) is 26.7 Å². The van der Waals surface area contributed by atoms with Gasteiger partial charge in [0.25, 0.3) is 0 Å². The Kier molecular flexibility index (Phi) is 3.59. The number of nitrogens with one attached hydrogen (secondary N) is 1. The SMILES string of the molecule is CC(C)(C)NCCc1nc(-c2cccs2)no1. The van der Waals surface area contributed by atoms with Gasteiger partial charge in [-0.15, -0.1) is 11.3 Å². The lowest BCUT2D eigenvalue weighted by atomic mass is 10.1. The van der Waals surface area contributed by atoms with E-state index < -0.39 is 0 Å². The van der Waals surface area contributed by atoms with E-state index in [1.165, 1.54) is 0 Å². The average molecular weight is 251 g/mol. The Hall–Kier alpha value is -1.20. The first-order valence-corrected chi connectivity index (χ1v) is 6.54. The van der Waals surface area contributed by atoms with Crippen molar-refractivity contribution in [3.8, 4) is 10.7 Å². The maximum atomic E-state index is 5.21. The van der Waals surface area contributed by atoms with Gasteiger partial charge in [0, 0.05) is 18.5 Å². The third-order valence-electron chi connectivity index (χ3n) is 2.20. The van der Waals surface area contributed by atoms with Crippen molar-refractivity contribution in [2.75, 3.05) is 6.54 Å². The van der Waals surface area contributed by atoms with Crippen LogP contribution in [0.3, 0.4) is 0 Å². The van der Waals surface area contributed by atoms with Crippen molar-refractivity contribution < 1.29 is 4.52 Å².